The minimum Gasteiger partial charge on any atom is -0.445 e. The Morgan fingerprint density at radius 1 is 1.00 bits per heavy atom. The molecule has 1 aromatic carbocycles. The molecule has 2 aromatic rings. The minimum absolute atomic E-state index is 0.264. The lowest BCUT2D eigenvalue weighted by molar-refractivity contribution is -0.278. The molecule has 5 atom stereocenters. The Labute approximate surface area is 151 Å². The molecule has 7 heteroatoms. The van der Waals surface area contributed by atoms with Crippen LogP contribution in [0.1, 0.15) is 16.7 Å². The van der Waals surface area contributed by atoms with Crippen molar-refractivity contribution < 1.29 is 29.9 Å². The van der Waals surface area contributed by atoms with Gasteiger partial charge in [-0.25, -0.2) is 4.98 Å². The molecule has 1 aliphatic rings. The van der Waals surface area contributed by atoms with Crippen LogP contribution in [0.2, 0.25) is 0 Å². The van der Waals surface area contributed by atoms with Crippen LogP contribution in [0.15, 0.2) is 42.6 Å². The number of aliphatic hydroxyl groups is 4. The number of benzene rings is 1. The third-order valence-electron chi connectivity index (χ3n) is 4.57. The molecule has 2 heterocycles. The maximum Gasteiger partial charge on any atom is 0.231 e. The quantitative estimate of drug-likeness (QED) is 0.600. The van der Waals surface area contributed by atoms with Crippen LogP contribution in [0.4, 0.5) is 0 Å². The maximum absolute atomic E-state index is 10.1. The van der Waals surface area contributed by atoms with E-state index in [1.807, 2.05) is 37.3 Å². The Balaban J connectivity index is 1.81. The average molecular weight is 361 g/mol. The summed E-state index contributed by atoms with van der Waals surface area (Å²) in [5.41, 5.74) is 3.04. The highest BCUT2D eigenvalue weighted by Gasteiger charge is 2.45. The van der Waals surface area contributed by atoms with Gasteiger partial charge in [0.05, 0.1) is 6.61 Å². The van der Waals surface area contributed by atoms with E-state index in [2.05, 4.69) is 4.98 Å². The fourth-order valence-electron chi connectivity index (χ4n) is 2.95. The third-order valence-corrected chi connectivity index (χ3v) is 4.57. The zero-order valence-corrected chi connectivity index (χ0v) is 14.4. The summed E-state index contributed by atoms with van der Waals surface area (Å²) in [6.45, 7) is 1.51. The zero-order valence-electron chi connectivity index (χ0n) is 14.4. The smallest absolute Gasteiger partial charge is 0.231 e. The second kappa shape index (κ2) is 8.11. The van der Waals surface area contributed by atoms with Crippen LogP contribution in [0.5, 0.6) is 5.88 Å². The number of hydrogen-bond acceptors (Lipinski definition) is 7. The van der Waals surface area contributed by atoms with Crippen LogP contribution in [0.3, 0.4) is 0 Å². The standard InChI is InChI=1S/C19H23NO6/c1-11-5-2-3-6-12(11)9-13-7-4-8-20-18(13)26-19-17(24)16(23)15(22)14(10-21)25-19/h2-8,14-17,19,21-24H,9-10H2,1H3/t14-,15-,16+,17-,19+/m1/s1. The lowest BCUT2D eigenvalue weighted by Crippen LogP contribution is -2.60. The van der Waals surface area contributed by atoms with Gasteiger partial charge in [-0.3, -0.25) is 0 Å². The summed E-state index contributed by atoms with van der Waals surface area (Å²) in [6.07, 6.45) is -4.54. The molecule has 1 aromatic heterocycles. The summed E-state index contributed by atoms with van der Waals surface area (Å²) in [4.78, 5) is 4.21. The van der Waals surface area contributed by atoms with Gasteiger partial charge < -0.3 is 29.9 Å². The number of rotatable bonds is 5. The van der Waals surface area contributed by atoms with E-state index in [0.29, 0.717) is 6.42 Å². The van der Waals surface area contributed by atoms with E-state index in [1.54, 1.807) is 12.3 Å². The Kier molecular flexibility index (Phi) is 5.85. The van der Waals surface area contributed by atoms with Gasteiger partial charge in [0.2, 0.25) is 12.2 Å². The fourth-order valence-corrected chi connectivity index (χ4v) is 2.95. The van der Waals surface area contributed by atoms with Gasteiger partial charge in [-0.05, 0) is 24.1 Å². The Morgan fingerprint density at radius 3 is 2.46 bits per heavy atom. The first kappa shape index (κ1) is 18.8. The van der Waals surface area contributed by atoms with Crippen LogP contribution in [0.25, 0.3) is 0 Å². The number of nitrogens with zero attached hydrogens (tertiary/aromatic N) is 1. The molecular weight excluding hydrogens is 338 g/mol. The summed E-state index contributed by atoms with van der Waals surface area (Å²) in [7, 11) is 0. The van der Waals surface area contributed by atoms with Crippen molar-refractivity contribution in [3.63, 3.8) is 0 Å². The molecular formula is C19H23NO6. The maximum atomic E-state index is 10.1. The predicted octanol–water partition coefficient (Wildman–Crippen LogP) is 0.160. The highest BCUT2D eigenvalue weighted by Crippen LogP contribution is 2.26. The largest absolute Gasteiger partial charge is 0.445 e. The highest BCUT2D eigenvalue weighted by atomic mass is 16.7. The molecule has 0 radical (unpaired) electrons. The normalized spacial score (nSPS) is 28.7. The van der Waals surface area contributed by atoms with Gasteiger partial charge in [0.1, 0.15) is 24.4 Å². The lowest BCUT2D eigenvalue weighted by Gasteiger charge is -2.39. The van der Waals surface area contributed by atoms with Crippen LogP contribution >= 0.6 is 0 Å². The van der Waals surface area contributed by atoms with Crippen molar-refractivity contribution in [2.45, 2.75) is 44.1 Å². The number of pyridine rings is 1. The van der Waals surface area contributed by atoms with Crippen molar-refractivity contribution >= 4 is 0 Å². The van der Waals surface area contributed by atoms with E-state index in [4.69, 9.17) is 9.47 Å². The van der Waals surface area contributed by atoms with Gasteiger partial charge in [0.25, 0.3) is 0 Å². The summed E-state index contributed by atoms with van der Waals surface area (Å²) in [6, 6.07) is 11.6. The fraction of sp³-hybridized carbons (Fsp3) is 0.421. The number of ether oxygens (including phenoxy) is 2. The molecule has 140 valence electrons. The van der Waals surface area contributed by atoms with Gasteiger partial charge in [-0.2, -0.15) is 0 Å². The van der Waals surface area contributed by atoms with Crippen LogP contribution in [-0.4, -0.2) is 62.7 Å². The SMILES string of the molecule is Cc1ccccc1Cc1cccnc1O[C@@H]1O[C@H](CO)[C@@H](O)[C@H](O)[C@H]1O. The number of aliphatic hydroxyl groups excluding tert-OH is 4. The molecule has 7 nitrogen and oxygen atoms in total. The second-order valence-corrected chi connectivity index (χ2v) is 6.39. The number of aromatic nitrogens is 1. The molecule has 0 amide bonds. The number of hydrogen-bond donors (Lipinski definition) is 4. The molecule has 0 aliphatic carbocycles. The van der Waals surface area contributed by atoms with Crippen molar-refractivity contribution in [3.05, 3.63) is 59.3 Å². The van der Waals surface area contributed by atoms with Crippen LogP contribution in [0, 0.1) is 6.92 Å². The topological polar surface area (TPSA) is 112 Å². The lowest BCUT2D eigenvalue weighted by atomic mass is 9.99. The third kappa shape index (κ3) is 3.87. The second-order valence-electron chi connectivity index (χ2n) is 6.39. The molecule has 26 heavy (non-hydrogen) atoms. The van der Waals surface area contributed by atoms with Gasteiger partial charge >= 0.3 is 0 Å². The van der Waals surface area contributed by atoms with E-state index in [0.717, 1.165) is 16.7 Å². The van der Waals surface area contributed by atoms with Crippen molar-refractivity contribution in [2.75, 3.05) is 6.61 Å². The molecule has 1 saturated heterocycles. The van der Waals surface area contributed by atoms with Crippen molar-refractivity contribution in [1.82, 2.24) is 4.98 Å². The van der Waals surface area contributed by atoms with E-state index >= 15 is 0 Å². The molecule has 1 fully saturated rings. The number of aryl methyl sites for hydroxylation is 1. The molecule has 4 N–H and O–H groups in total. The van der Waals surface area contributed by atoms with Crippen molar-refractivity contribution in [1.29, 1.82) is 0 Å². The minimum atomic E-state index is -1.49. The van der Waals surface area contributed by atoms with E-state index in [-0.39, 0.29) is 5.88 Å². The first-order chi connectivity index (χ1) is 12.5. The Hall–Kier alpha value is -2.03. The molecule has 1 aliphatic heterocycles. The summed E-state index contributed by atoms with van der Waals surface area (Å²) < 4.78 is 11.1. The Bertz CT molecular complexity index is 737. The predicted molar refractivity (Wildman–Crippen MR) is 92.6 cm³/mol. The molecule has 3 rings (SSSR count). The molecule has 0 saturated carbocycles. The summed E-state index contributed by atoms with van der Waals surface area (Å²) >= 11 is 0. The van der Waals surface area contributed by atoms with Crippen LogP contribution < -0.4 is 4.74 Å². The molecule has 0 unspecified atom stereocenters. The summed E-state index contributed by atoms with van der Waals surface area (Å²) in [5.74, 6) is 0.264. The van der Waals surface area contributed by atoms with Gasteiger partial charge in [-0.1, -0.05) is 30.3 Å². The molecule has 0 spiro atoms. The first-order valence-electron chi connectivity index (χ1n) is 8.47. The zero-order chi connectivity index (χ0) is 18.7. The van der Waals surface area contributed by atoms with E-state index in [1.165, 1.54) is 0 Å². The van der Waals surface area contributed by atoms with Crippen molar-refractivity contribution in [3.8, 4) is 5.88 Å². The first-order valence-corrected chi connectivity index (χ1v) is 8.47. The molecule has 0 bridgehead atoms. The summed E-state index contributed by atoms with van der Waals surface area (Å²) in [5, 5.41) is 39.2. The van der Waals surface area contributed by atoms with Gasteiger partial charge in [0.15, 0.2) is 0 Å². The Morgan fingerprint density at radius 2 is 1.73 bits per heavy atom. The van der Waals surface area contributed by atoms with Gasteiger partial charge in [0, 0.05) is 18.2 Å². The van der Waals surface area contributed by atoms with E-state index < -0.39 is 37.3 Å². The van der Waals surface area contributed by atoms with Crippen molar-refractivity contribution in [2.24, 2.45) is 0 Å². The van der Waals surface area contributed by atoms with Crippen LogP contribution in [-0.2, 0) is 11.2 Å². The average Bonchev–Trinajstić information content (AvgIpc) is 2.65. The highest BCUT2D eigenvalue weighted by molar-refractivity contribution is 5.35. The van der Waals surface area contributed by atoms with E-state index in [9.17, 15) is 20.4 Å². The van der Waals surface area contributed by atoms with Gasteiger partial charge in [-0.15, -0.1) is 0 Å². The monoisotopic (exact) mass is 361 g/mol.